The molecule has 0 unspecified atom stereocenters. The third kappa shape index (κ3) is 2.35. The van der Waals surface area contributed by atoms with Gasteiger partial charge in [0.25, 0.3) is 0 Å². The third-order valence-corrected chi connectivity index (χ3v) is 6.04. The number of halogens is 1. The molecule has 0 bridgehead atoms. The number of fused-ring (bicyclic) bond motifs is 3. The first-order chi connectivity index (χ1) is 14.6. The van der Waals surface area contributed by atoms with Gasteiger partial charge in [-0.1, -0.05) is 0 Å². The second-order valence-corrected chi connectivity index (χ2v) is 7.67. The molecule has 152 valence electrons. The molecule has 0 saturated carbocycles. The monoisotopic (exact) mass is 406 g/mol. The van der Waals surface area contributed by atoms with Crippen LogP contribution in [0.25, 0.3) is 16.8 Å². The predicted molar refractivity (Wildman–Crippen MR) is 107 cm³/mol. The van der Waals surface area contributed by atoms with Crippen molar-refractivity contribution in [2.24, 2.45) is 7.05 Å². The zero-order valence-corrected chi connectivity index (χ0v) is 16.5. The smallest absolute Gasteiger partial charge is 0.170 e. The molecular formula is C21H19FN6O2. The second kappa shape index (κ2) is 6.19. The molecular weight excluding hydrogens is 387 g/mol. The number of aromatic nitrogens is 5. The Hall–Kier alpha value is -3.62. The topological polar surface area (TPSA) is 78.5 Å². The van der Waals surface area contributed by atoms with Gasteiger partial charge in [0.15, 0.2) is 17.2 Å². The van der Waals surface area contributed by atoms with Crippen LogP contribution < -0.4 is 14.8 Å². The van der Waals surface area contributed by atoms with Crippen molar-refractivity contribution in [1.29, 1.82) is 0 Å². The summed E-state index contributed by atoms with van der Waals surface area (Å²) in [4.78, 5) is 0. The van der Waals surface area contributed by atoms with Crippen LogP contribution in [0.2, 0.25) is 0 Å². The molecule has 0 saturated heterocycles. The van der Waals surface area contributed by atoms with Crippen LogP contribution >= 0.6 is 0 Å². The average molecular weight is 406 g/mol. The van der Waals surface area contributed by atoms with E-state index >= 15 is 0 Å². The van der Waals surface area contributed by atoms with Crippen LogP contribution in [0.4, 0.5) is 10.2 Å². The zero-order chi connectivity index (χ0) is 20.4. The molecule has 2 aliphatic heterocycles. The molecule has 30 heavy (non-hydrogen) atoms. The Kier molecular flexibility index (Phi) is 3.56. The van der Waals surface area contributed by atoms with Crippen molar-refractivity contribution in [1.82, 2.24) is 24.4 Å². The summed E-state index contributed by atoms with van der Waals surface area (Å²) in [5.41, 5.74) is 5.03. The lowest BCUT2D eigenvalue weighted by molar-refractivity contribution is 0.249. The fraction of sp³-hybridized carbons (Fsp3) is 0.286. The molecule has 1 aromatic carbocycles. The van der Waals surface area contributed by atoms with Gasteiger partial charge in [0, 0.05) is 41.5 Å². The summed E-state index contributed by atoms with van der Waals surface area (Å²) in [7, 11) is 1.90. The van der Waals surface area contributed by atoms with Crippen molar-refractivity contribution < 1.29 is 13.9 Å². The minimum atomic E-state index is -0.247. The number of nitrogens with zero attached hydrogens (tertiary/aromatic N) is 5. The van der Waals surface area contributed by atoms with Gasteiger partial charge in [-0.2, -0.15) is 5.10 Å². The molecule has 5 heterocycles. The highest BCUT2D eigenvalue weighted by Crippen LogP contribution is 2.42. The average Bonchev–Trinajstić information content (AvgIpc) is 3.46. The number of benzene rings is 1. The Morgan fingerprint density at radius 3 is 2.80 bits per heavy atom. The van der Waals surface area contributed by atoms with Gasteiger partial charge in [-0.15, -0.1) is 10.2 Å². The van der Waals surface area contributed by atoms with Crippen LogP contribution in [0.15, 0.2) is 30.7 Å². The number of pyridine rings is 1. The fourth-order valence-corrected chi connectivity index (χ4v) is 4.35. The number of hydrogen-bond donors (Lipinski definition) is 1. The highest BCUT2D eigenvalue weighted by Gasteiger charge is 2.31. The van der Waals surface area contributed by atoms with Gasteiger partial charge in [-0.05, 0) is 25.1 Å². The van der Waals surface area contributed by atoms with Gasteiger partial charge >= 0.3 is 0 Å². The van der Waals surface area contributed by atoms with E-state index in [2.05, 4.69) is 20.6 Å². The van der Waals surface area contributed by atoms with E-state index in [0.29, 0.717) is 42.5 Å². The van der Waals surface area contributed by atoms with Crippen molar-refractivity contribution in [3.8, 4) is 22.6 Å². The lowest BCUT2D eigenvalue weighted by Gasteiger charge is -2.16. The first kappa shape index (κ1) is 17.3. The van der Waals surface area contributed by atoms with Crippen LogP contribution in [-0.2, 0) is 13.6 Å². The molecule has 0 amide bonds. The summed E-state index contributed by atoms with van der Waals surface area (Å²) < 4.78 is 30.4. The Balaban J connectivity index is 1.53. The van der Waals surface area contributed by atoms with Crippen molar-refractivity contribution >= 4 is 11.5 Å². The first-order valence-electron chi connectivity index (χ1n) is 9.78. The van der Waals surface area contributed by atoms with Gasteiger partial charge in [0.2, 0.25) is 0 Å². The summed E-state index contributed by atoms with van der Waals surface area (Å²) in [6, 6.07) is 5.11. The van der Waals surface area contributed by atoms with E-state index in [0.717, 1.165) is 28.1 Å². The first-order valence-corrected chi connectivity index (χ1v) is 9.78. The summed E-state index contributed by atoms with van der Waals surface area (Å²) in [6.07, 6.45) is 3.45. The fourth-order valence-electron chi connectivity index (χ4n) is 4.35. The minimum Gasteiger partial charge on any atom is -0.493 e. The SMILES string of the molecule is Cc1c(-c2cc3c(n4cnnc24)NCc2c(F)ccc4c2[C@H](CO4)CO3)cnn1C. The van der Waals surface area contributed by atoms with Crippen LogP contribution in [0, 0.1) is 12.7 Å². The number of rotatable bonds is 1. The maximum atomic E-state index is 14.7. The molecule has 8 nitrogen and oxygen atoms in total. The zero-order valence-electron chi connectivity index (χ0n) is 16.5. The van der Waals surface area contributed by atoms with E-state index in [1.54, 1.807) is 12.4 Å². The van der Waals surface area contributed by atoms with Gasteiger partial charge in [0.05, 0.1) is 25.3 Å². The summed E-state index contributed by atoms with van der Waals surface area (Å²) in [5, 5.41) is 16.1. The molecule has 2 aliphatic rings. The van der Waals surface area contributed by atoms with Gasteiger partial charge in [0.1, 0.15) is 17.9 Å². The highest BCUT2D eigenvalue weighted by molar-refractivity contribution is 5.82. The molecule has 9 heteroatoms. The maximum Gasteiger partial charge on any atom is 0.170 e. The molecule has 3 aromatic heterocycles. The standard InChI is InChI=1S/C21H19FN6O2/c1-11-14(7-25-27(11)2)13-5-18-21(28-10-24-26-20(13)28)23-6-15-16(22)3-4-17-19(15)12(8-29-17)9-30-18/h3-5,7,10,12,23H,6,8-9H2,1-2H3/t12-/m1/s1. The van der Waals surface area contributed by atoms with Gasteiger partial charge < -0.3 is 14.8 Å². The van der Waals surface area contributed by atoms with E-state index in [4.69, 9.17) is 9.47 Å². The number of nitrogens with one attached hydrogen (secondary N) is 1. The lowest BCUT2D eigenvalue weighted by atomic mass is 9.96. The Bertz CT molecular complexity index is 1310. The Labute approximate surface area is 171 Å². The van der Waals surface area contributed by atoms with Crippen molar-refractivity contribution in [2.75, 3.05) is 18.5 Å². The molecule has 1 atom stereocenters. The third-order valence-electron chi connectivity index (χ3n) is 6.04. The number of anilines is 1. The molecule has 0 spiro atoms. The van der Waals surface area contributed by atoms with Crippen molar-refractivity contribution in [3.05, 3.63) is 53.4 Å². The predicted octanol–water partition coefficient (Wildman–Crippen LogP) is 3.06. The molecule has 0 fully saturated rings. The van der Waals surface area contributed by atoms with E-state index in [9.17, 15) is 4.39 Å². The van der Waals surface area contributed by atoms with Crippen LogP contribution in [-0.4, -0.2) is 37.6 Å². The largest absolute Gasteiger partial charge is 0.493 e. The van der Waals surface area contributed by atoms with Crippen molar-refractivity contribution in [3.63, 3.8) is 0 Å². The molecule has 1 N–H and O–H groups in total. The van der Waals surface area contributed by atoms with E-state index < -0.39 is 0 Å². The minimum absolute atomic E-state index is 0.0290. The van der Waals surface area contributed by atoms with Crippen LogP contribution in [0.1, 0.15) is 22.7 Å². The Morgan fingerprint density at radius 1 is 1.17 bits per heavy atom. The summed E-state index contributed by atoms with van der Waals surface area (Å²) in [6.45, 7) is 3.18. The maximum absolute atomic E-state index is 14.7. The van der Waals surface area contributed by atoms with Crippen molar-refractivity contribution in [2.45, 2.75) is 19.4 Å². The molecule has 0 aliphatic carbocycles. The molecule has 6 rings (SSSR count). The van der Waals surface area contributed by atoms with E-state index in [-0.39, 0.29) is 11.7 Å². The van der Waals surface area contributed by atoms with Crippen LogP contribution in [0.5, 0.6) is 11.5 Å². The second-order valence-electron chi connectivity index (χ2n) is 7.67. The summed E-state index contributed by atoms with van der Waals surface area (Å²) >= 11 is 0. The quantitative estimate of drug-likeness (QED) is 0.524. The number of ether oxygens (including phenoxy) is 2. The van der Waals surface area contributed by atoms with E-state index in [1.165, 1.54) is 6.07 Å². The number of hydrogen-bond acceptors (Lipinski definition) is 6. The molecule has 0 radical (unpaired) electrons. The summed E-state index contributed by atoms with van der Waals surface area (Å²) in [5.74, 6) is 1.80. The number of aryl methyl sites for hydroxylation is 1. The van der Waals surface area contributed by atoms with Gasteiger partial charge in [-0.3, -0.25) is 9.08 Å². The highest BCUT2D eigenvalue weighted by atomic mass is 19.1. The van der Waals surface area contributed by atoms with E-state index in [1.807, 2.05) is 35.3 Å². The van der Waals surface area contributed by atoms with Crippen LogP contribution in [0.3, 0.4) is 0 Å². The Morgan fingerprint density at radius 2 is 2.00 bits per heavy atom. The normalized spacial score (nSPS) is 17.2. The lowest BCUT2D eigenvalue weighted by Crippen LogP contribution is -2.13. The van der Waals surface area contributed by atoms with Gasteiger partial charge in [-0.25, -0.2) is 4.39 Å². The molecule has 4 aromatic rings.